The van der Waals surface area contributed by atoms with Crippen LogP contribution in [0.5, 0.6) is 17.2 Å². The van der Waals surface area contributed by atoms with Gasteiger partial charge < -0.3 is 14.6 Å². The maximum atomic E-state index is 12.0. The second-order valence-corrected chi connectivity index (χ2v) is 6.03. The number of esters is 2. The summed E-state index contributed by atoms with van der Waals surface area (Å²) in [6.45, 7) is 5.57. The molecule has 0 saturated carbocycles. The lowest BCUT2D eigenvalue weighted by molar-refractivity contribution is -0.144. The molecular formula is C19H20O5. The van der Waals surface area contributed by atoms with Gasteiger partial charge in [-0.1, -0.05) is 6.92 Å². The molecule has 2 aromatic carbocycles. The molecule has 0 aliphatic rings. The van der Waals surface area contributed by atoms with Gasteiger partial charge in [0.05, 0.1) is 11.0 Å². The Labute approximate surface area is 140 Å². The van der Waals surface area contributed by atoms with E-state index in [2.05, 4.69) is 0 Å². The molecule has 0 bridgehead atoms. The molecule has 0 aliphatic heterocycles. The Morgan fingerprint density at radius 1 is 0.917 bits per heavy atom. The number of carbonyl (C=O) groups excluding carboxylic acids is 2. The third kappa shape index (κ3) is 4.35. The van der Waals surface area contributed by atoms with Gasteiger partial charge in [0, 0.05) is 0 Å². The van der Waals surface area contributed by atoms with E-state index in [1.165, 1.54) is 24.3 Å². The first-order valence-electron chi connectivity index (χ1n) is 7.65. The lowest BCUT2D eigenvalue weighted by Gasteiger charge is -2.20. The molecule has 24 heavy (non-hydrogen) atoms. The lowest BCUT2D eigenvalue weighted by atomic mass is 9.91. The van der Waals surface area contributed by atoms with Gasteiger partial charge >= 0.3 is 11.9 Å². The van der Waals surface area contributed by atoms with Gasteiger partial charge in [0.15, 0.2) is 0 Å². The zero-order chi connectivity index (χ0) is 17.7. The van der Waals surface area contributed by atoms with Crippen molar-refractivity contribution in [2.45, 2.75) is 27.2 Å². The van der Waals surface area contributed by atoms with Crippen LogP contribution in [0.1, 0.15) is 37.6 Å². The quantitative estimate of drug-likeness (QED) is 0.664. The maximum Gasteiger partial charge on any atom is 0.343 e. The van der Waals surface area contributed by atoms with E-state index in [1.807, 2.05) is 20.8 Å². The lowest BCUT2D eigenvalue weighted by Crippen LogP contribution is -2.28. The van der Waals surface area contributed by atoms with Crippen LogP contribution in [0.2, 0.25) is 0 Å². The number of hydrogen-bond acceptors (Lipinski definition) is 5. The molecule has 0 spiro atoms. The van der Waals surface area contributed by atoms with Gasteiger partial charge in [0.25, 0.3) is 0 Å². The monoisotopic (exact) mass is 328 g/mol. The highest BCUT2D eigenvalue weighted by molar-refractivity contribution is 5.91. The number of phenolic OH excluding ortho intramolecular Hbond substituents is 1. The van der Waals surface area contributed by atoms with E-state index in [4.69, 9.17) is 9.47 Å². The van der Waals surface area contributed by atoms with E-state index in [1.54, 1.807) is 24.3 Å². The summed E-state index contributed by atoms with van der Waals surface area (Å²) >= 11 is 0. The minimum atomic E-state index is -0.552. The average molecular weight is 328 g/mol. The Morgan fingerprint density at radius 3 is 1.92 bits per heavy atom. The van der Waals surface area contributed by atoms with Crippen molar-refractivity contribution >= 4 is 11.9 Å². The highest BCUT2D eigenvalue weighted by Crippen LogP contribution is 2.25. The van der Waals surface area contributed by atoms with Crippen molar-refractivity contribution in [1.82, 2.24) is 0 Å². The molecule has 0 aliphatic carbocycles. The minimum Gasteiger partial charge on any atom is -0.508 e. The first kappa shape index (κ1) is 17.5. The summed E-state index contributed by atoms with van der Waals surface area (Å²) in [5.74, 6) is -0.0352. The number of aromatic hydroxyl groups is 1. The minimum absolute atomic E-state index is 0.0766. The van der Waals surface area contributed by atoms with E-state index in [0.717, 1.165) is 0 Å². The molecule has 1 N–H and O–H groups in total. The van der Waals surface area contributed by atoms with Gasteiger partial charge in [-0.2, -0.15) is 0 Å². The Morgan fingerprint density at radius 2 is 1.42 bits per heavy atom. The summed E-state index contributed by atoms with van der Waals surface area (Å²) < 4.78 is 10.5. The summed E-state index contributed by atoms with van der Waals surface area (Å²) in [5.41, 5.74) is -0.225. The number of ether oxygens (including phenoxy) is 2. The van der Waals surface area contributed by atoms with Crippen LogP contribution in [0, 0.1) is 5.41 Å². The fourth-order valence-electron chi connectivity index (χ4n) is 1.73. The second-order valence-electron chi connectivity index (χ2n) is 6.03. The largest absolute Gasteiger partial charge is 0.508 e. The molecule has 2 aromatic rings. The van der Waals surface area contributed by atoms with Gasteiger partial charge in [0.2, 0.25) is 0 Å². The standard InChI is InChI=1S/C19H20O5/c1-4-19(2,3)18(22)24-16-11-9-15(10-12-16)23-17(21)13-5-7-14(20)8-6-13/h5-12,20H,4H2,1-3H3. The Bertz CT molecular complexity index is 714. The molecule has 0 fully saturated rings. The van der Waals surface area contributed by atoms with Crippen molar-refractivity contribution < 1.29 is 24.2 Å². The molecule has 5 nitrogen and oxygen atoms in total. The number of rotatable bonds is 5. The van der Waals surface area contributed by atoms with Crippen molar-refractivity contribution in [2.75, 3.05) is 0 Å². The Balaban J connectivity index is 2.00. The van der Waals surface area contributed by atoms with Crippen molar-refractivity contribution in [1.29, 1.82) is 0 Å². The fourth-order valence-corrected chi connectivity index (χ4v) is 1.73. The van der Waals surface area contributed by atoms with Crippen LogP contribution in [-0.2, 0) is 4.79 Å². The summed E-state index contributed by atoms with van der Waals surface area (Å²) in [4.78, 5) is 24.0. The number of carbonyl (C=O) groups is 2. The molecule has 0 unspecified atom stereocenters. The molecule has 0 atom stereocenters. The SMILES string of the molecule is CCC(C)(C)C(=O)Oc1ccc(OC(=O)c2ccc(O)cc2)cc1. The maximum absolute atomic E-state index is 12.0. The van der Waals surface area contributed by atoms with E-state index in [0.29, 0.717) is 23.5 Å². The normalized spacial score (nSPS) is 11.0. The number of phenols is 1. The van der Waals surface area contributed by atoms with Crippen LogP contribution in [0.4, 0.5) is 0 Å². The zero-order valence-corrected chi connectivity index (χ0v) is 13.9. The first-order chi connectivity index (χ1) is 11.3. The topological polar surface area (TPSA) is 72.8 Å². The van der Waals surface area contributed by atoms with Gasteiger partial charge in [-0.05, 0) is 68.8 Å². The third-order valence-corrected chi connectivity index (χ3v) is 3.78. The number of hydrogen-bond donors (Lipinski definition) is 1. The van der Waals surface area contributed by atoms with Gasteiger partial charge in [-0.3, -0.25) is 4.79 Å². The van der Waals surface area contributed by atoms with E-state index in [9.17, 15) is 14.7 Å². The van der Waals surface area contributed by atoms with Crippen LogP contribution < -0.4 is 9.47 Å². The third-order valence-electron chi connectivity index (χ3n) is 3.78. The van der Waals surface area contributed by atoms with Gasteiger partial charge in [0.1, 0.15) is 17.2 Å². The predicted molar refractivity (Wildman–Crippen MR) is 89.2 cm³/mol. The first-order valence-corrected chi connectivity index (χ1v) is 7.65. The number of benzene rings is 2. The Kier molecular flexibility index (Phi) is 5.24. The summed E-state index contributed by atoms with van der Waals surface area (Å²) in [5, 5.41) is 9.21. The van der Waals surface area contributed by atoms with Crippen molar-refractivity contribution in [3.05, 3.63) is 54.1 Å². The summed E-state index contributed by atoms with van der Waals surface area (Å²) in [6, 6.07) is 12.0. The molecular weight excluding hydrogens is 308 g/mol. The van der Waals surface area contributed by atoms with Crippen LogP contribution in [0.3, 0.4) is 0 Å². The van der Waals surface area contributed by atoms with Crippen molar-refractivity contribution in [3.8, 4) is 17.2 Å². The van der Waals surface area contributed by atoms with E-state index >= 15 is 0 Å². The fraction of sp³-hybridized carbons (Fsp3) is 0.263. The smallest absolute Gasteiger partial charge is 0.343 e. The molecule has 0 saturated heterocycles. The molecule has 126 valence electrons. The predicted octanol–water partition coefficient (Wildman–Crippen LogP) is 3.95. The van der Waals surface area contributed by atoms with Gasteiger partial charge in [-0.15, -0.1) is 0 Å². The Hall–Kier alpha value is -2.82. The van der Waals surface area contributed by atoms with E-state index < -0.39 is 11.4 Å². The second kappa shape index (κ2) is 7.17. The van der Waals surface area contributed by atoms with Crippen LogP contribution in [-0.4, -0.2) is 17.0 Å². The molecule has 0 heterocycles. The highest BCUT2D eigenvalue weighted by atomic mass is 16.5. The van der Waals surface area contributed by atoms with Crippen molar-refractivity contribution in [3.63, 3.8) is 0 Å². The molecule has 0 amide bonds. The van der Waals surface area contributed by atoms with E-state index in [-0.39, 0.29) is 11.7 Å². The molecule has 0 radical (unpaired) electrons. The molecule has 0 aromatic heterocycles. The summed E-state index contributed by atoms with van der Waals surface area (Å²) in [7, 11) is 0. The average Bonchev–Trinajstić information content (AvgIpc) is 2.57. The molecule has 5 heteroatoms. The van der Waals surface area contributed by atoms with Crippen LogP contribution in [0.15, 0.2) is 48.5 Å². The van der Waals surface area contributed by atoms with Crippen LogP contribution in [0.25, 0.3) is 0 Å². The van der Waals surface area contributed by atoms with Crippen LogP contribution >= 0.6 is 0 Å². The molecule has 2 rings (SSSR count). The highest BCUT2D eigenvalue weighted by Gasteiger charge is 2.27. The summed E-state index contributed by atoms with van der Waals surface area (Å²) in [6.07, 6.45) is 0.675. The zero-order valence-electron chi connectivity index (χ0n) is 13.9. The van der Waals surface area contributed by atoms with Crippen molar-refractivity contribution in [2.24, 2.45) is 5.41 Å². The van der Waals surface area contributed by atoms with Gasteiger partial charge in [-0.25, -0.2) is 4.79 Å².